The van der Waals surface area contributed by atoms with E-state index in [1.54, 1.807) is 17.0 Å². The fourth-order valence-corrected chi connectivity index (χ4v) is 3.97. The molecule has 0 saturated heterocycles. The predicted molar refractivity (Wildman–Crippen MR) is 102 cm³/mol. The normalized spacial score (nSPS) is 18.9. The van der Waals surface area contributed by atoms with Crippen molar-refractivity contribution in [2.75, 3.05) is 11.5 Å². The maximum absolute atomic E-state index is 13.1. The number of non-ortho nitro benzene ring substituents is 1. The first-order chi connectivity index (χ1) is 13.3. The minimum absolute atomic E-state index is 0.0122. The number of nitro benzene ring substituents is 1. The van der Waals surface area contributed by atoms with Gasteiger partial charge in [0.2, 0.25) is 5.91 Å². The fraction of sp³-hybridized carbons (Fsp3) is 0.238. The van der Waals surface area contributed by atoms with E-state index < -0.39 is 16.8 Å². The molecule has 0 N–H and O–H groups in total. The summed E-state index contributed by atoms with van der Waals surface area (Å²) >= 11 is 0. The first kappa shape index (κ1) is 17.9. The average Bonchev–Trinajstić information content (AvgIpc) is 3.01. The molecule has 1 atom stereocenters. The molecule has 2 aliphatic rings. The van der Waals surface area contributed by atoms with Gasteiger partial charge in [0.1, 0.15) is 6.61 Å². The predicted octanol–water partition coefficient (Wildman–Crippen LogP) is 3.54. The molecule has 7 heteroatoms. The number of carbonyl (C=O) groups excluding carboxylic acids is 2. The average molecular weight is 378 g/mol. The van der Waals surface area contributed by atoms with Crippen molar-refractivity contribution >= 4 is 23.3 Å². The van der Waals surface area contributed by atoms with Gasteiger partial charge in [-0.1, -0.05) is 18.2 Å². The SMILES string of the molecule is Cc1cc(C)cc(N2C(=O)CC(c3cccc([N+](=O)[O-])c3)C3=C2COC3=O)c1. The molecule has 2 aliphatic heterocycles. The van der Waals surface area contributed by atoms with Crippen molar-refractivity contribution in [2.45, 2.75) is 26.2 Å². The number of aryl methyl sites for hydroxylation is 2. The van der Waals surface area contributed by atoms with Crippen molar-refractivity contribution < 1.29 is 19.2 Å². The highest BCUT2D eigenvalue weighted by Crippen LogP contribution is 2.42. The topological polar surface area (TPSA) is 89.8 Å². The number of hydrogen-bond donors (Lipinski definition) is 0. The molecule has 28 heavy (non-hydrogen) atoms. The van der Waals surface area contributed by atoms with Gasteiger partial charge in [0.15, 0.2) is 0 Å². The summed E-state index contributed by atoms with van der Waals surface area (Å²) in [7, 11) is 0. The van der Waals surface area contributed by atoms with Crippen LogP contribution in [0.15, 0.2) is 53.7 Å². The zero-order valence-electron chi connectivity index (χ0n) is 15.5. The Morgan fingerprint density at radius 2 is 1.82 bits per heavy atom. The van der Waals surface area contributed by atoms with Crippen LogP contribution in [0.1, 0.15) is 29.0 Å². The molecule has 0 saturated carbocycles. The van der Waals surface area contributed by atoms with Gasteiger partial charge in [0.25, 0.3) is 5.69 Å². The standard InChI is InChI=1S/C21H18N2O5/c1-12-6-13(2)8-16(7-12)22-18-11-28-21(25)20(18)17(10-19(22)24)14-4-3-5-15(9-14)23(26)27/h3-9,17H,10-11H2,1-2H3. The molecule has 0 bridgehead atoms. The molecule has 0 spiro atoms. The van der Waals surface area contributed by atoms with E-state index >= 15 is 0 Å². The first-order valence-electron chi connectivity index (χ1n) is 8.91. The molecule has 4 rings (SSSR count). The van der Waals surface area contributed by atoms with Gasteiger partial charge in [-0.15, -0.1) is 0 Å². The highest BCUT2D eigenvalue weighted by molar-refractivity contribution is 6.06. The Balaban J connectivity index is 1.84. The van der Waals surface area contributed by atoms with Crippen LogP contribution in [0.2, 0.25) is 0 Å². The third-order valence-electron chi connectivity index (χ3n) is 5.07. The molecule has 1 unspecified atom stereocenters. The van der Waals surface area contributed by atoms with Crippen LogP contribution in [0.25, 0.3) is 0 Å². The van der Waals surface area contributed by atoms with Crippen molar-refractivity contribution in [1.29, 1.82) is 0 Å². The fourth-order valence-electron chi connectivity index (χ4n) is 3.97. The van der Waals surface area contributed by atoms with Crippen LogP contribution >= 0.6 is 0 Å². The Labute approximate surface area is 161 Å². The Bertz CT molecular complexity index is 1040. The second kappa shape index (κ2) is 6.60. The molecular weight excluding hydrogens is 360 g/mol. The van der Waals surface area contributed by atoms with Gasteiger partial charge < -0.3 is 4.74 Å². The summed E-state index contributed by atoms with van der Waals surface area (Å²) in [5, 5.41) is 11.1. The molecular formula is C21H18N2O5. The Morgan fingerprint density at radius 1 is 1.11 bits per heavy atom. The number of anilines is 1. The number of nitrogens with zero attached hydrogens (tertiary/aromatic N) is 2. The van der Waals surface area contributed by atoms with E-state index in [9.17, 15) is 19.7 Å². The van der Waals surface area contributed by atoms with Crippen molar-refractivity contribution in [3.63, 3.8) is 0 Å². The van der Waals surface area contributed by atoms with E-state index in [4.69, 9.17) is 4.74 Å². The molecule has 1 amide bonds. The van der Waals surface area contributed by atoms with Crippen molar-refractivity contribution in [2.24, 2.45) is 0 Å². The number of carbonyl (C=O) groups is 2. The molecule has 2 heterocycles. The summed E-state index contributed by atoms with van der Waals surface area (Å²) < 4.78 is 5.25. The number of rotatable bonds is 3. The summed E-state index contributed by atoms with van der Waals surface area (Å²) in [6.45, 7) is 3.91. The highest BCUT2D eigenvalue weighted by Gasteiger charge is 2.43. The van der Waals surface area contributed by atoms with Crippen LogP contribution < -0.4 is 4.90 Å². The zero-order valence-corrected chi connectivity index (χ0v) is 15.5. The van der Waals surface area contributed by atoms with Crippen LogP contribution in [-0.2, 0) is 14.3 Å². The number of nitro groups is 1. The van der Waals surface area contributed by atoms with Crippen molar-refractivity contribution in [1.82, 2.24) is 0 Å². The lowest BCUT2D eigenvalue weighted by Gasteiger charge is -2.32. The monoisotopic (exact) mass is 378 g/mol. The number of esters is 1. The third kappa shape index (κ3) is 2.94. The molecule has 142 valence electrons. The Hall–Kier alpha value is -3.48. The van der Waals surface area contributed by atoms with Crippen LogP contribution in [-0.4, -0.2) is 23.4 Å². The maximum atomic E-state index is 13.1. The molecule has 0 fully saturated rings. The van der Waals surface area contributed by atoms with Crippen LogP contribution in [0.3, 0.4) is 0 Å². The quantitative estimate of drug-likeness (QED) is 0.463. The van der Waals surface area contributed by atoms with E-state index in [1.807, 2.05) is 32.0 Å². The van der Waals surface area contributed by atoms with Crippen LogP contribution in [0.4, 0.5) is 11.4 Å². The van der Waals surface area contributed by atoms with E-state index in [0.717, 1.165) is 11.1 Å². The molecule has 7 nitrogen and oxygen atoms in total. The zero-order chi connectivity index (χ0) is 20.0. The van der Waals surface area contributed by atoms with Gasteiger partial charge in [-0.05, 0) is 42.7 Å². The minimum atomic E-state index is -0.556. The summed E-state index contributed by atoms with van der Waals surface area (Å²) in [5.41, 5.74) is 4.13. The summed E-state index contributed by atoms with van der Waals surface area (Å²) in [6, 6.07) is 11.9. The van der Waals surface area contributed by atoms with Gasteiger partial charge in [0, 0.05) is 30.2 Å². The van der Waals surface area contributed by atoms with Crippen LogP contribution in [0, 0.1) is 24.0 Å². The Kier molecular flexibility index (Phi) is 4.22. The highest BCUT2D eigenvalue weighted by atomic mass is 16.6. The molecule has 0 aliphatic carbocycles. The summed E-state index contributed by atoms with van der Waals surface area (Å²) in [4.78, 5) is 37.7. The van der Waals surface area contributed by atoms with Crippen molar-refractivity contribution in [3.05, 3.63) is 80.5 Å². The van der Waals surface area contributed by atoms with E-state index in [-0.39, 0.29) is 24.6 Å². The van der Waals surface area contributed by atoms with Gasteiger partial charge in [-0.2, -0.15) is 0 Å². The Morgan fingerprint density at radius 3 is 2.50 bits per heavy atom. The molecule has 0 aromatic heterocycles. The van der Waals surface area contributed by atoms with Crippen molar-refractivity contribution in [3.8, 4) is 0 Å². The van der Waals surface area contributed by atoms with Crippen LogP contribution in [0.5, 0.6) is 0 Å². The van der Waals surface area contributed by atoms with Gasteiger partial charge >= 0.3 is 5.97 Å². The number of amides is 1. The first-order valence-corrected chi connectivity index (χ1v) is 8.91. The third-order valence-corrected chi connectivity index (χ3v) is 5.07. The van der Waals surface area contributed by atoms with Gasteiger partial charge in [-0.25, -0.2) is 4.79 Å². The second-order valence-electron chi connectivity index (χ2n) is 7.12. The molecule has 2 aromatic carbocycles. The molecule has 0 radical (unpaired) electrons. The second-order valence-corrected chi connectivity index (χ2v) is 7.12. The summed E-state index contributed by atoms with van der Waals surface area (Å²) in [6.07, 6.45) is 0.0437. The lowest BCUT2D eigenvalue weighted by atomic mass is 9.84. The van der Waals surface area contributed by atoms with E-state index in [0.29, 0.717) is 22.5 Å². The number of hydrogen-bond acceptors (Lipinski definition) is 5. The maximum Gasteiger partial charge on any atom is 0.336 e. The van der Waals surface area contributed by atoms with Gasteiger partial charge in [0.05, 0.1) is 16.2 Å². The van der Waals surface area contributed by atoms with E-state index in [1.165, 1.54) is 12.1 Å². The van der Waals surface area contributed by atoms with Gasteiger partial charge in [-0.3, -0.25) is 19.8 Å². The number of ether oxygens (including phenoxy) is 1. The largest absolute Gasteiger partial charge is 0.456 e. The van der Waals surface area contributed by atoms with E-state index in [2.05, 4.69) is 0 Å². The summed E-state index contributed by atoms with van der Waals surface area (Å²) in [5.74, 6) is -1.20. The minimum Gasteiger partial charge on any atom is -0.456 e. The smallest absolute Gasteiger partial charge is 0.336 e. The lowest BCUT2D eigenvalue weighted by Crippen LogP contribution is -2.37. The number of cyclic esters (lactones) is 1. The number of benzene rings is 2. The lowest BCUT2D eigenvalue weighted by molar-refractivity contribution is -0.384. The molecule has 2 aromatic rings.